The van der Waals surface area contributed by atoms with Crippen LogP contribution in [0.15, 0.2) is 47.1 Å². The summed E-state index contributed by atoms with van der Waals surface area (Å²) in [5, 5.41) is 0. The van der Waals surface area contributed by atoms with Crippen molar-refractivity contribution in [2.75, 3.05) is 18.0 Å². The Morgan fingerprint density at radius 1 is 1.17 bits per heavy atom. The first-order valence-corrected chi connectivity index (χ1v) is 8.25. The highest BCUT2D eigenvalue weighted by Gasteiger charge is 2.36. The van der Waals surface area contributed by atoms with Crippen molar-refractivity contribution in [3.63, 3.8) is 0 Å². The molecule has 1 atom stereocenters. The van der Waals surface area contributed by atoms with Crippen molar-refractivity contribution in [2.45, 2.75) is 32.7 Å². The maximum atomic E-state index is 12.7. The van der Waals surface area contributed by atoms with E-state index in [9.17, 15) is 9.59 Å². The number of carbonyl (C=O) groups is 2. The molecule has 1 aliphatic heterocycles. The van der Waals surface area contributed by atoms with Crippen LogP contribution in [-0.4, -0.2) is 35.8 Å². The first-order chi connectivity index (χ1) is 11.5. The predicted molar refractivity (Wildman–Crippen MR) is 92.1 cm³/mol. The number of furan rings is 1. The molecular weight excluding hydrogens is 304 g/mol. The summed E-state index contributed by atoms with van der Waals surface area (Å²) in [6.45, 7) is 7.01. The molecule has 1 unspecified atom stereocenters. The van der Waals surface area contributed by atoms with E-state index in [0.717, 1.165) is 5.69 Å². The maximum absolute atomic E-state index is 12.7. The van der Waals surface area contributed by atoms with Gasteiger partial charge >= 0.3 is 0 Å². The molecule has 0 bridgehead atoms. The molecule has 0 N–H and O–H groups in total. The number of nitrogens with zero attached hydrogens (tertiary/aromatic N) is 2. The van der Waals surface area contributed by atoms with Crippen molar-refractivity contribution in [1.82, 2.24) is 4.90 Å². The number of benzene rings is 1. The van der Waals surface area contributed by atoms with E-state index in [1.807, 2.05) is 12.1 Å². The zero-order valence-electron chi connectivity index (χ0n) is 14.2. The molecule has 2 aromatic rings. The average Bonchev–Trinajstić information content (AvgIpc) is 3.11. The minimum Gasteiger partial charge on any atom is -0.459 e. The van der Waals surface area contributed by atoms with Crippen LogP contribution >= 0.6 is 0 Å². The lowest BCUT2D eigenvalue weighted by Gasteiger charge is -2.38. The molecule has 5 heteroatoms. The fraction of sp³-hybridized carbons (Fsp3) is 0.368. The summed E-state index contributed by atoms with van der Waals surface area (Å²) in [5.74, 6) is 0.412. The highest BCUT2D eigenvalue weighted by molar-refractivity contribution is 6.02. The molecule has 5 nitrogen and oxygen atoms in total. The molecule has 24 heavy (non-hydrogen) atoms. The first-order valence-electron chi connectivity index (χ1n) is 8.25. The highest BCUT2D eigenvalue weighted by atomic mass is 16.3. The second-order valence-electron chi connectivity index (χ2n) is 6.39. The molecule has 126 valence electrons. The molecule has 0 spiro atoms. The van der Waals surface area contributed by atoms with Gasteiger partial charge in [-0.15, -0.1) is 0 Å². The fourth-order valence-electron chi connectivity index (χ4n) is 2.99. The van der Waals surface area contributed by atoms with Gasteiger partial charge in [-0.3, -0.25) is 9.59 Å². The third-order valence-electron chi connectivity index (χ3n) is 4.52. The summed E-state index contributed by atoms with van der Waals surface area (Å²) in [7, 11) is 0. The number of rotatable bonds is 3. The zero-order valence-corrected chi connectivity index (χ0v) is 14.2. The fourth-order valence-corrected chi connectivity index (χ4v) is 2.99. The van der Waals surface area contributed by atoms with Gasteiger partial charge in [-0.2, -0.15) is 0 Å². The number of anilines is 1. The van der Waals surface area contributed by atoms with E-state index < -0.39 is 6.04 Å². The van der Waals surface area contributed by atoms with Gasteiger partial charge in [-0.1, -0.05) is 26.0 Å². The zero-order chi connectivity index (χ0) is 17.3. The Morgan fingerprint density at radius 3 is 2.46 bits per heavy atom. The maximum Gasteiger partial charge on any atom is 0.290 e. The van der Waals surface area contributed by atoms with E-state index in [1.165, 1.54) is 11.8 Å². The lowest BCUT2D eigenvalue weighted by Crippen LogP contribution is -2.57. The van der Waals surface area contributed by atoms with Gasteiger partial charge in [0.15, 0.2) is 5.76 Å². The van der Waals surface area contributed by atoms with E-state index in [4.69, 9.17) is 4.42 Å². The third-order valence-corrected chi connectivity index (χ3v) is 4.52. The minimum absolute atomic E-state index is 0.0709. The molecule has 1 saturated heterocycles. The SMILES string of the molecule is CC(C)c1ccc(N2CCN(C(=O)c3ccco3)C(C)C2=O)cc1. The van der Waals surface area contributed by atoms with Gasteiger partial charge in [0.25, 0.3) is 5.91 Å². The lowest BCUT2D eigenvalue weighted by atomic mass is 10.0. The van der Waals surface area contributed by atoms with Crippen LogP contribution in [0.2, 0.25) is 0 Å². The van der Waals surface area contributed by atoms with Gasteiger partial charge in [-0.05, 0) is 42.7 Å². The smallest absolute Gasteiger partial charge is 0.290 e. The molecule has 3 rings (SSSR count). The Hall–Kier alpha value is -2.56. The molecule has 1 aliphatic rings. The van der Waals surface area contributed by atoms with E-state index in [1.54, 1.807) is 28.9 Å². The van der Waals surface area contributed by atoms with Crippen molar-refractivity contribution < 1.29 is 14.0 Å². The molecule has 0 radical (unpaired) electrons. The van der Waals surface area contributed by atoms with Crippen LogP contribution in [0.4, 0.5) is 5.69 Å². The van der Waals surface area contributed by atoms with Crippen LogP contribution in [0.1, 0.15) is 42.8 Å². The van der Waals surface area contributed by atoms with E-state index in [0.29, 0.717) is 19.0 Å². The number of carbonyl (C=O) groups excluding carboxylic acids is 2. The standard InChI is InChI=1S/C19H22N2O3/c1-13(2)15-6-8-16(9-7-15)21-11-10-20(14(3)18(21)22)19(23)17-5-4-12-24-17/h4-9,12-14H,10-11H2,1-3H3. The Bertz CT molecular complexity index is 720. The van der Waals surface area contributed by atoms with E-state index in [2.05, 4.69) is 26.0 Å². The average molecular weight is 326 g/mol. The summed E-state index contributed by atoms with van der Waals surface area (Å²) < 4.78 is 5.16. The van der Waals surface area contributed by atoms with Gasteiger partial charge in [-0.25, -0.2) is 0 Å². The van der Waals surface area contributed by atoms with E-state index in [-0.39, 0.29) is 17.6 Å². The third kappa shape index (κ3) is 2.94. The predicted octanol–water partition coefficient (Wildman–Crippen LogP) is 3.28. The number of hydrogen-bond acceptors (Lipinski definition) is 3. The van der Waals surface area contributed by atoms with Crippen molar-refractivity contribution in [2.24, 2.45) is 0 Å². The van der Waals surface area contributed by atoms with Gasteiger partial charge in [0.2, 0.25) is 5.91 Å². The largest absolute Gasteiger partial charge is 0.459 e. The summed E-state index contributed by atoms with van der Waals surface area (Å²) in [5.41, 5.74) is 2.12. The van der Waals surface area contributed by atoms with E-state index >= 15 is 0 Å². The number of hydrogen-bond donors (Lipinski definition) is 0. The molecule has 0 saturated carbocycles. The van der Waals surface area contributed by atoms with Crippen LogP contribution < -0.4 is 4.90 Å². The second-order valence-corrected chi connectivity index (χ2v) is 6.39. The van der Waals surface area contributed by atoms with Crippen LogP contribution in [0.3, 0.4) is 0 Å². The van der Waals surface area contributed by atoms with Crippen LogP contribution in [0.5, 0.6) is 0 Å². The topological polar surface area (TPSA) is 53.8 Å². The van der Waals surface area contributed by atoms with Gasteiger partial charge in [0, 0.05) is 18.8 Å². The van der Waals surface area contributed by atoms with Crippen LogP contribution in [0.25, 0.3) is 0 Å². The van der Waals surface area contributed by atoms with Gasteiger partial charge < -0.3 is 14.2 Å². The molecule has 1 fully saturated rings. The minimum atomic E-state index is -0.513. The van der Waals surface area contributed by atoms with Gasteiger partial charge in [0.05, 0.1) is 6.26 Å². The molecular formula is C19H22N2O3. The normalized spacial score (nSPS) is 18.3. The van der Waals surface area contributed by atoms with Gasteiger partial charge in [0.1, 0.15) is 6.04 Å². The Kier molecular flexibility index (Phi) is 4.42. The highest BCUT2D eigenvalue weighted by Crippen LogP contribution is 2.24. The molecule has 2 amide bonds. The van der Waals surface area contributed by atoms with Crippen molar-refractivity contribution in [1.29, 1.82) is 0 Å². The molecule has 1 aromatic heterocycles. The summed E-state index contributed by atoms with van der Waals surface area (Å²) in [6, 6.07) is 10.8. The Balaban J connectivity index is 1.76. The summed E-state index contributed by atoms with van der Waals surface area (Å²) in [4.78, 5) is 28.5. The van der Waals surface area contributed by atoms with Crippen molar-refractivity contribution >= 4 is 17.5 Å². The Labute approximate surface area is 141 Å². The van der Waals surface area contributed by atoms with Crippen molar-refractivity contribution in [3.05, 3.63) is 54.0 Å². The summed E-state index contributed by atoms with van der Waals surface area (Å²) >= 11 is 0. The number of piperazine rings is 1. The quantitative estimate of drug-likeness (QED) is 0.870. The monoisotopic (exact) mass is 326 g/mol. The van der Waals surface area contributed by atoms with Crippen LogP contribution in [-0.2, 0) is 4.79 Å². The summed E-state index contributed by atoms with van der Waals surface area (Å²) in [6.07, 6.45) is 1.46. The second kappa shape index (κ2) is 6.51. The molecule has 1 aromatic carbocycles. The first kappa shape index (κ1) is 16.3. The molecule has 2 heterocycles. The van der Waals surface area contributed by atoms with Crippen LogP contribution in [0, 0.1) is 0 Å². The lowest BCUT2D eigenvalue weighted by molar-refractivity contribution is -0.124. The Morgan fingerprint density at radius 2 is 1.88 bits per heavy atom. The van der Waals surface area contributed by atoms with Crippen molar-refractivity contribution in [3.8, 4) is 0 Å². The molecule has 0 aliphatic carbocycles. The number of amides is 2.